The fraction of sp³-hybridized carbons (Fsp3) is 0.176. The summed E-state index contributed by atoms with van der Waals surface area (Å²) in [7, 11) is 0. The standard InChI is InChI=1S/C17H16N2O2/c1-13-7-8-18-11-16(13)12-19-17(21)15-6-2-4-14(10-15)5-3-9-20/h2,4,6-8,10-11,20H,9,12H2,1H3,(H,19,21). The van der Waals surface area contributed by atoms with E-state index in [1.165, 1.54) is 0 Å². The lowest BCUT2D eigenvalue weighted by Gasteiger charge is -2.07. The van der Waals surface area contributed by atoms with Crippen molar-refractivity contribution in [2.45, 2.75) is 13.5 Å². The molecule has 0 aliphatic carbocycles. The van der Waals surface area contributed by atoms with Gasteiger partial charge in [-0.2, -0.15) is 0 Å². The molecule has 1 aromatic carbocycles. The Bertz CT molecular complexity index is 699. The van der Waals surface area contributed by atoms with Gasteiger partial charge in [-0.25, -0.2) is 0 Å². The van der Waals surface area contributed by atoms with Crippen molar-refractivity contribution in [1.82, 2.24) is 10.3 Å². The van der Waals surface area contributed by atoms with E-state index in [-0.39, 0.29) is 12.5 Å². The Hall–Kier alpha value is -2.64. The van der Waals surface area contributed by atoms with E-state index in [0.717, 1.165) is 11.1 Å². The minimum atomic E-state index is -0.198. The lowest BCUT2D eigenvalue weighted by Crippen LogP contribution is -2.23. The monoisotopic (exact) mass is 280 g/mol. The predicted molar refractivity (Wildman–Crippen MR) is 80.6 cm³/mol. The first kappa shape index (κ1) is 14.8. The molecule has 0 aliphatic heterocycles. The van der Waals surface area contributed by atoms with Gasteiger partial charge in [0.25, 0.3) is 5.91 Å². The molecule has 0 aliphatic rings. The largest absolute Gasteiger partial charge is 0.384 e. The second-order valence-electron chi connectivity index (χ2n) is 4.53. The molecule has 0 atom stereocenters. The quantitative estimate of drug-likeness (QED) is 0.841. The first-order chi connectivity index (χ1) is 10.2. The van der Waals surface area contributed by atoms with Crippen LogP contribution in [0, 0.1) is 18.8 Å². The van der Waals surface area contributed by atoms with Crippen LogP contribution in [0.3, 0.4) is 0 Å². The van der Waals surface area contributed by atoms with Gasteiger partial charge < -0.3 is 10.4 Å². The first-order valence-electron chi connectivity index (χ1n) is 6.58. The SMILES string of the molecule is Cc1ccncc1CNC(=O)c1cccc(C#CCO)c1. The van der Waals surface area contributed by atoms with Crippen molar-refractivity contribution in [3.8, 4) is 11.8 Å². The normalized spacial score (nSPS) is 9.62. The van der Waals surface area contributed by atoms with Crippen LogP contribution in [-0.2, 0) is 6.54 Å². The number of carbonyl (C=O) groups excluding carboxylic acids is 1. The molecule has 0 radical (unpaired) electrons. The molecular formula is C17H16N2O2. The topological polar surface area (TPSA) is 62.2 Å². The highest BCUT2D eigenvalue weighted by atomic mass is 16.2. The number of nitrogens with one attached hydrogen (secondary N) is 1. The van der Waals surface area contributed by atoms with E-state index < -0.39 is 0 Å². The summed E-state index contributed by atoms with van der Waals surface area (Å²) in [5.41, 5.74) is 3.32. The average molecular weight is 280 g/mol. The van der Waals surface area contributed by atoms with E-state index >= 15 is 0 Å². The number of aliphatic hydroxyl groups is 1. The zero-order chi connectivity index (χ0) is 15.1. The molecule has 1 amide bonds. The molecule has 1 aromatic heterocycles. The summed E-state index contributed by atoms with van der Waals surface area (Å²) >= 11 is 0. The molecule has 0 bridgehead atoms. The Kier molecular flexibility index (Phi) is 5.08. The van der Waals surface area contributed by atoms with Crippen LogP contribution in [0.2, 0.25) is 0 Å². The van der Waals surface area contributed by atoms with Crippen LogP contribution in [0.25, 0.3) is 0 Å². The van der Waals surface area contributed by atoms with Crippen LogP contribution in [0.5, 0.6) is 0 Å². The van der Waals surface area contributed by atoms with E-state index in [1.807, 2.05) is 13.0 Å². The zero-order valence-corrected chi connectivity index (χ0v) is 11.8. The minimum Gasteiger partial charge on any atom is -0.384 e. The Morgan fingerprint density at radius 2 is 2.24 bits per heavy atom. The van der Waals surface area contributed by atoms with Gasteiger partial charge in [-0.1, -0.05) is 17.9 Å². The maximum absolute atomic E-state index is 12.1. The van der Waals surface area contributed by atoms with Gasteiger partial charge in [0.2, 0.25) is 0 Å². The van der Waals surface area contributed by atoms with Gasteiger partial charge in [0.1, 0.15) is 6.61 Å². The molecule has 4 heteroatoms. The smallest absolute Gasteiger partial charge is 0.251 e. The summed E-state index contributed by atoms with van der Waals surface area (Å²) in [6.45, 7) is 2.22. The van der Waals surface area contributed by atoms with E-state index in [4.69, 9.17) is 5.11 Å². The summed E-state index contributed by atoms with van der Waals surface area (Å²) in [4.78, 5) is 16.2. The van der Waals surface area contributed by atoms with Crippen molar-refractivity contribution < 1.29 is 9.90 Å². The lowest BCUT2D eigenvalue weighted by molar-refractivity contribution is 0.0951. The minimum absolute atomic E-state index is 0.161. The van der Waals surface area contributed by atoms with Crippen molar-refractivity contribution in [3.63, 3.8) is 0 Å². The number of nitrogens with zero attached hydrogens (tertiary/aromatic N) is 1. The number of hydrogen-bond acceptors (Lipinski definition) is 3. The molecule has 0 saturated heterocycles. The molecule has 2 N–H and O–H groups in total. The number of hydrogen-bond donors (Lipinski definition) is 2. The summed E-state index contributed by atoms with van der Waals surface area (Å²) in [5.74, 6) is 5.18. The number of aromatic nitrogens is 1. The fourth-order valence-electron chi connectivity index (χ4n) is 1.84. The summed E-state index contributed by atoms with van der Waals surface area (Å²) in [6.07, 6.45) is 3.47. The molecule has 21 heavy (non-hydrogen) atoms. The van der Waals surface area contributed by atoms with Crippen molar-refractivity contribution in [3.05, 3.63) is 65.0 Å². The number of rotatable bonds is 3. The Labute approximate surface area is 123 Å². The van der Waals surface area contributed by atoms with Gasteiger partial charge in [0.15, 0.2) is 0 Å². The number of pyridine rings is 1. The molecule has 0 saturated carbocycles. The van der Waals surface area contributed by atoms with Crippen molar-refractivity contribution in [2.75, 3.05) is 6.61 Å². The maximum atomic E-state index is 12.1. The molecule has 4 nitrogen and oxygen atoms in total. The van der Waals surface area contributed by atoms with E-state index in [0.29, 0.717) is 17.7 Å². The maximum Gasteiger partial charge on any atom is 0.251 e. The molecular weight excluding hydrogens is 264 g/mol. The lowest BCUT2D eigenvalue weighted by atomic mass is 10.1. The molecule has 106 valence electrons. The Morgan fingerprint density at radius 1 is 1.38 bits per heavy atom. The van der Waals surface area contributed by atoms with Crippen molar-refractivity contribution in [2.24, 2.45) is 0 Å². The molecule has 0 unspecified atom stereocenters. The van der Waals surface area contributed by atoms with E-state index in [2.05, 4.69) is 22.1 Å². The second kappa shape index (κ2) is 7.22. The highest BCUT2D eigenvalue weighted by Gasteiger charge is 2.06. The zero-order valence-electron chi connectivity index (χ0n) is 11.8. The number of aryl methyl sites for hydroxylation is 1. The third-order valence-corrected chi connectivity index (χ3v) is 3.02. The number of carbonyl (C=O) groups is 1. The summed E-state index contributed by atoms with van der Waals surface area (Å²) < 4.78 is 0. The highest BCUT2D eigenvalue weighted by molar-refractivity contribution is 5.94. The summed E-state index contributed by atoms with van der Waals surface area (Å²) in [5, 5.41) is 11.5. The molecule has 1 heterocycles. The van der Waals surface area contributed by atoms with Gasteiger partial charge >= 0.3 is 0 Å². The van der Waals surface area contributed by atoms with Gasteiger partial charge in [0, 0.05) is 30.1 Å². The number of aliphatic hydroxyl groups excluding tert-OH is 1. The van der Waals surface area contributed by atoms with E-state index in [1.54, 1.807) is 36.7 Å². The van der Waals surface area contributed by atoms with Crippen LogP contribution in [0.15, 0.2) is 42.7 Å². The van der Waals surface area contributed by atoms with Gasteiger partial charge in [-0.3, -0.25) is 9.78 Å². The van der Waals surface area contributed by atoms with Crippen LogP contribution >= 0.6 is 0 Å². The second-order valence-corrected chi connectivity index (χ2v) is 4.53. The molecule has 0 spiro atoms. The van der Waals surface area contributed by atoms with Crippen molar-refractivity contribution in [1.29, 1.82) is 0 Å². The molecule has 2 rings (SSSR count). The van der Waals surface area contributed by atoms with Crippen LogP contribution in [-0.4, -0.2) is 22.6 Å². The highest BCUT2D eigenvalue weighted by Crippen LogP contribution is 2.07. The molecule has 0 fully saturated rings. The van der Waals surface area contributed by atoms with Crippen LogP contribution in [0.4, 0.5) is 0 Å². The first-order valence-corrected chi connectivity index (χ1v) is 6.58. The fourth-order valence-corrected chi connectivity index (χ4v) is 1.84. The molecule has 2 aromatic rings. The predicted octanol–water partition coefficient (Wildman–Crippen LogP) is 1.66. The number of amides is 1. The Balaban J connectivity index is 2.05. The van der Waals surface area contributed by atoms with Crippen molar-refractivity contribution >= 4 is 5.91 Å². The van der Waals surface area contributed by atoms with Gasteiger partial charge in [-0.05, 0) is 42.3 Å². The third-order valence-electron chi connectivity index (χ3n) is 3.02. The third kappa shape index (κ3) is 4.16. The number of benzene rings is 1. The van der Waals surface area contributed by atoms with Gasteiger partial charge in [0.05, 0.1) is 0 Å². The van der Waals surface area contributed by atoms with Gasteiger partial charge in [-0.15, -0.1) is 0 Å². The summed E-state index contributed by atoms with van der Waals surface area (Å²) in [6, 6.07) is 8.91. The average Bonchev–Trinajstić information content (AvgIpc) is 2.52. The van der Waals surface area contributed by atoms with Crippen LogP contribution < -0.4 is 5.32 Å². The van der Waals surface area contributed by atoms with E-state index in [9.17, 15) is 4.79 Å². The van der Waals surface area contributed by atoms with Crippen LogP contribution in [0.1, 0.15) is 27.0 Å². The Morgan fingerprint density at radius 3 is 3.00 bits per heavy atom.